The van der Waals surface area contributed by atoms with Crippen molar-refractivity contribution in [3.8, 4) is 0 Å². The van der Waals surface area contributed by atoms with E-state index in [2.05, 4.69) is 17.1 Å². The van der Waals surface area contributed by atoms with Gasteiger partial charge >= 0.3 is 0 Å². The Balaban J connectivity index is 0.00000162. The maximum atomic E-state index is 5.46. The quantitative estimate of drug-likeness (QED) is 0.834. The van der Waals surface area contributed by atoms with Crippen LogP contribution in [0.1, 0.15) is 39.0 Å². The van der Waals surface area contributed by atoms with E-state index in [9.17, 15) is 0 Å². The third-order valence-corrected chi connectivity index (χ3v) is 4.17. The van der Waals surface area contributed by atoms with Gasteiger partial charge in [0.2, 0.25) is 0 Å². The van der Waals surface area contributed by atoms with Crippen molar-refractivity contribution >= 4 is 12.4 Å². The Hall–Kier alpha value is 0.170. The molecule has 2 aliphatic heterocycles. The van der Waals surface area contributed by atoms with Crippen molar-refractivity contribution in [3.05, 3.63) is 0 Å². The number of ether oxygens (including phenoxy) is 1. The summed E-state index contributed by atoms with van der Waals surface area (Å²) in [6.45, 7) is 9.27. The molecule has 2 saturated heterocycles. The summed E-state index contributed by atoms with van der Waals surface area (Å²) in [6.07, 6.45) is 6.50. The second-order valence-electron chi connectivity index (χ2n) is 5.53. The molecule has 2 fully saturated rings. The summed E-state index contributed by atoms with van der Waals surface area (Å²) in [6, 6.07) is 0.832. The van der Waals surface area contributed by atoms with Crippen LogP contribution in [0.25, 0.3) is 0 Å². The van der Waals surface area contributed by atoms with Gasteiger partial charge in [0, 0.05) is 25.8 Å². The third kappa shape index (κ3) is 5.04. The van der Waals surface area contributed by atoms with Crippen LogP contribution in [0, 0.1) is 5.92 Å². The van der Waals surface area contributed by atoms with Gasteiger partial charge in [-0.3, -0.25) is 0 Å². The minimum absolute atomic E-state index is 0. The van der Waals surface area contributed by atoms with Gasteiger partial charge in [-0.05, 0) is 57.7 Å². The van der Waals surface area contributed by atoms with E-state index in [-0.39, 0.29) is 12.4 Å². The Kier molecular flexibility index (Phi) is 8.23. The van der Waals surface area contributed by atoms with Crippen LogP contribution in [-0.4, -0.2) is 50.3 Å². The summed E-state index contributed by atoms with van der Waals surface area (Å²) >= 11 is 0. The third-order valence-electron chi connectivity index (χ3n) is 4.17. The van der Waals surface area contributed by atoms with Crippen LogP contribution >= 0.6 is 12.4 Å². The lowest BCUT2D eigenvalue weighted by atomic mass is 9.96. The molecule has 0 bridgehead atoms. The molecule has 2 heterocycles. The van der Waals surface area contributed by atoms with E-state index < -0.39 is 0 Å². The predicted molar refractivity (Wildman–Crippen MR) is 78.5 cm³/mol. The maximum Gasteiger partial charge on any atom is 0.0469 e. The van der Waals surface area contributed by atoms with Gasteiger partial charge in [-0.1, -0.05) is 6.92 Å². The molecule has 0 unspecified atom stereocenters. The van der Waals surface area contributed by atoms with Gasteiger partial charge in [0.25, 0.3) is 0 Å². The predicted octanol–water partition coefficient (Wildman–Crippen LogP) is 2.30. The van der Waals surface area contributed by atoms with Gasteiger partial charge < -0.3 is 15.0 Å². The molecule has 0 aromatic heterocycles. The Morgan fingerprint density at radius 1 is 1.11 bits per heavy atom. The average Bonchev–Trinajstić information content (AvgIpc) is 2.40. The summed E-state index contributed by atoms with van der Waals surface area (Å²) in [5.74, 6) is 0.880. The monoisotopic (exact) mass is 276 g/mol. The van der Waals surface area contributed by atoms with E-state index in [4.69, 9.17) is 4.74 Å². The smallest absolute Gasteiger partial charge is 0.0469 e. The van der Waals surface area contributed by atoms with Gasteiger partial charge in [0.15, 0.2) is 0 Å². The molecule has 2 aliphatic rings. The molecule has 18 heavy (non-hydrogen) atoms. The zero-order valence-electron chi connectivity index (χ0n) is 11.7. The average molecular weight is 277 g/mol. The molecule has 0 saturated carbocycles. The molecule has 2 rings (SSSR count). The summed E-state index contributed by atoms with van der Waals surface area (Å²) in [4.78, 5) is 2.76. The van der Waals surface area contributed by atoms with E-state index in [0.29, 0.717) is 0 Å². The molecule has 0 amide bonds. The number of rotatable bonds is 5. The standard InChI is InChI=1S/C14H28N2O.ClH/c1-2-9-16(14-3-7-15-8-4-14)12-13-5-10-17-11-6-13;/h13-15H,2-12H2,1H3;1H. The van der Waals surface area contributed by atoms with E-state index >= 15 is 0 Å². The van der Waals surface area contributed by atoms with Crippen LogP contribution in [0.4, 0.5) is 0 Å². The SMILES string of the molecule is CCCN(CC1CCOCC1)C1CCNCC1.Cl. The highest BCUT2D eigenvalue weighted by Crippen LogP contribution is 2.20. The molecule has 0 radical (unpaired) electrons. The zero-order chi connectivity index (χ0) is 11.9. The molecule has 0 aliphatic carbocycles. The summed E-state index contributed by atoms with van der Waals surface area (Å²) in [5.41, 5.74) is 0. The van der Waals surface area contributed by atoms with Crippen molar-refractivity contribution in [2.24, 2.45) is 5.92 Å². The lowest BCUT2D eigenvalue weighted by Gasteiger charge is -2.37. The van der Waals surface area contributed by atoms with Crippen molar-refractivity contribution in [3.63, 3.8) is 0 Å². The van der Waals surface area contributed by atoms with Crippen molar-refractivity contribution in [2.45, 2.75) is 45.1 Å². The topological polar surface area (TPSA) is 24.5 Å². The molecule has 4 heteroatoms. The first-order chi connectivity index (χ1) is 8.40. The highest BCUT2D eigenvalue weighted by Gasteiger charge is 2.24. The van der Waals surface area contributed by atoms with Crippen LogP contribution in [0.15, 0.2) is 0 Å². The number of nitrogens with zero attached hydrogens (tertiary/aromatic N) is 1. The Morgan fingerprint density at radius 3 is 2.39 bits per heavy atom. The van der Waals surface area contributed by atoms with E-state index in [1.165, 1.54) is 58.3 Å². The van der Waals surface area contributed by atoms with Crippen molar-refractivity contribution in [1.82, 2.24) is 10.2 Å². The maximum absolute atomic E-state index is 5.46. The fourth-order valence-corrected chi connectivity index (χ4v) is 3.14. The van der Waals surface area contributed by atoms with Gasteiger partial charge in [-0.15, -0.1) is 12.4 Å². The molecule has 1 N–H and O–H groups in total. The Labute approximate surface area is 118 Å². The fraction of sp³-hybridized carbons (Fsp3) is 1.00. The van der Waals surface area contributed by atoms with Crippen LogP contribution in [0.2, 0.25) is 0 Å². The first-order valence-corrected chi connectivity index (χ1v) is 7.42. The first kappa shape index (κ1) is 16.2. The van der Waals surface area contributed by atoms with E-state index in [1.807, 2.05) is 0 Å². The molecule has 108 valence electrons. The number of hydrogen-bond donors (Lipinski definition) is 1. The van der Waals surface area contributed by atoms with Gasteiger partial charge in [-0.25, -0.2) is 0 Å². The Morgan fingerprint density at radius 2 is 1.78 bits per heavy atom. The first-order valence-electron chi connectivity index (χ1n) is 7.42. The summed E-state index contributed by atoms with van der Waals surface area (Å²) in [7, 11) is 0. The fourth-order valence-electron chi connectivity index (χ4n) is 3.14. The van der Waals surface area contributed by atoms with Crippen molar-refractivity contribution < 1.29 is 4.74 Å². The minimum Gasteiger partial charge on any atom is -0.381 e. The van der Waals surface area contributed by atoms with Gasteiger partial charge in [0.05, 0.1) is 0 Å². The normalized spacial score (nSPS) is 23.0. The number of piperidine rings is 1. The van der Waals surface area contributed by atoms with Gasteiger partial charge in [0.1, 0.15) is 0 Å². The molecule has 0 spiro atoms. The van der Waals surface area contributed by atoms with Crippen molar-refractivity contribution in [2.75, 3.05) is 39.4 Å². The highest BCUT2D eigenvalue weighted by molar-refractivity contribution is 5.85. The van der Waals surface area contributed by atoms with Crippen LogP contribution < -0.4 is 5.32 Å². The summed E-state index contributed by atoms with van der Waals surface area (Å²) in [5, 5.41) is 3.47. The number of hydrogen-bond acceptors (Lipinski definition) is 3. The molecular weight excluding hydrogens is 248 g/mol. The molecule has 3 nitrogen and oxygen atoms in total. The lowest BCUT2D eigenvalue weighted by Crippen LogP contribution is -2.45. The Bertz CT molecular complexity index is 204. The second-order valence-corrected chi connectivity index (χ2v) is 5.53. The van der Waals surface area contributed by atoms with Crippen LogP contribution in [0.3, 0.4) is 0 Å². The number of halogens is 1. The minimum atomic E-state index is 0. The molecule has 0 aromatic rings. The summed E-state index contributed by atoms with van der Waals surface area (Å²) < 4.78 is 5.46. The largest absolute Gasteiger partial charge is 0.381 e. The van der Waals surface area contributed by atoms with E-state index in [0.717, 1.165) is 25.2 Å². The molecule has 0 aromatic carbocycles. The second kappa shape index (κ2) is 9.13. The highest BCUT2D eigenvalue weighted by atomic mass is 35.5. The zero-order valence-corrected chi connectivity index (χ0v) is 12.5. The van der Waals surface area contributed by atoms with Crippen LogP contribution in [0.5, 0.6) is 0 Å². The number of nitrogens with one attached hydrogen (secondary N) is 1. The van der Waals surface area contributed by atoms with Crippen molar-refractivity contribution in [1.29, 1.82) is 0 Å². The van der Waals surface area contributed by atoms with Gasteiger partial charge in [-0.2, -0.15) is 0 Å². The van der Waals surface area contributed by atoms with Crippen LogP contribution in [-0.2, 0) is 4.74 Å². The lowest BCUT2D eigenvalue weighted by molar-refractivity contribution is 0.0417. The molecule has 0 atom stereocenters. The molecular formula is C14H29ClN2O. The van der Waals surface area contributed by atoms with E-state index in [1.54, 1.807) is 0 Å².